The second kappa shape index (κ2) is 8.17. The van der Waals surface area contributed by atoms with E-state index in [1.54, 1.807) is 12.5 Å². The van der Waals surface area contributed by atoms with E-state index < -0.39 is 0 Å². The van der Waals surface area contributed by atoms with Gasteiger partial charge in [0, 0.05) is 24.6 Å². The first-order valence-electron chi connectivity index (χ1n) is 9.61. The summed E-state index contributed by atoms with van der Waals surface area (Å²) < 4.78 is 7.65. The third-order valence-corrected chi connectivity index (χ3v) is 5.02. The predicted molar refractivity (Wildman–Crippen MR) is 108 cm³/mol. The van der Waals surface area contributed by atoms with Gasteiger partial charge in [0.1, 0.15) is 5.75 Å². The van der Waals surface area contributed by atoms with Crippen molar-refractivity contribution in [3.05, 3.63) is 77.9 Å². The van der Waals surface area contributed by atoms with Gasteiger partial charge in [-0.1, -0.05) is 24.3 Å². The van der Waals surface area contributed by atoms with E-state index in [1.807, 2.05) is 54.1 Å². The van der Waals surface area contributed by atoms with Crippen LogP contribution in [0.15, 0.2) is 61.2 Å². The van der Waals surface area contributed by atoms with E-state index in [9.17, 15) is 4.79 Å². The minimum absolute atomic E-state index is 0.0269. The van der Waals surface area contributed by atoms with Gasteiger partial charge in [-0.3, -0.25) is 0 Å². The molecule has 4 rings (SSSR count). The first kappa shape index (κ1) is 18.1. The molecule has 2 aromatic carbocycles. The van der Waals surface area contributed by atoms with Gasteiger partial charge in [-0.15, -0.1) is 0 Å². The van der Waals surface area contributed by atoms with Gasteiger partial charge in [-0.2, -0.15) is 0 Å². The fraction of sp³-hybridized carbons (Fsp3) is 0.273. The van der Waals surface area contributed by atoms with Crippen LogP contribution in [0.1, 0.15) is 36.1 Å². The molecule has 0 saturated heterocycles. The van der Waals surface area contributed by atoms with E-state index in [2.05, 4.69) is 21.7 Å². The van der Waals surface area contributed by atoms with E-state index in [0.717, 1.165) is 35.4 Å². The zero-order chi connectivity index (χ0) is 19.3. The van der Waals surface area contributed by atoms with Crippen LogP contribution in [0.5, 0.6) is 5.75 Å². The number of hydrogen-bond acceptors (Lipinski definition) is 3. The molecule has 0 bridgehead atoms. The summed E-state index contributed by atoms with van der Waals surface area (Å²) in [5.74, 6) is 0.933. The minimum atomic E-state index is -0.154. The molecule has 1 unspecified atom stereocenters. The summed E-state index contributed by atoms with van der Waals surface area (Å²) in [4.78, 5) is 16.4. The molecule has 3 aromatic rings. The third kappa shape index (κ3) is 3.86. The van der Waals surface area contributed by atoms with Crippen molar-refractivity contribution in [3.8, 4) is 11.4 Å². The molecule has 1 aliphatic carbocycles. The molecule has 1 aliphatic rings. The van der Waals surface area contributed by atoms with Gasteiger partial charge in [-0.05, 0) is 54.7 Å². The van der Waals surface area contributed by atoms with Crippen molar-refractivity contribution in [2.45, 2.75) is 32.4 Å². The van der Waals surface area contributed by atoms with Gasteiger partial charge >= 0.3 is 6.03 Å². The Kier molecular flexibility index (Phi) is 5.28. The normalized spacial score (nSPS) is 15.1. The zero-order valence-corrected chi connectivity index (χ0v) is 15.9. The highest BCUT2D eigenvalue weighted by Gasteiger charge is 2.26. The Balaban J connectivity index is 1.33. The molecular formula is C22H24N4O2. The maximum atomic E-state index is 12.4. The SMILES string of the molecule is CCOc1cccc2c1CCC2NC(=O)NCc1ccc(-n2ccnc2)cc1. The highest BCUT2D eigenvalue weighted by Crippen LogP contribution is 2.36. The van der Waals surface area contributed by atoms with Crippen LogP contribution in [-0.4, -0.2) is 22.2 Å². The molecule has 144 valence electrons. The molecule has 1 atom stereocenters. The number of carbonyl (C=O) groups excluding carboxylic acids is 1. The first-order valence-corrected chi connectivity index (χ1v) is 9.61. The van der Waals surface area contributed by atoms with Crippen molar-refractivity contribution in [1.29, 1.82) is 0 Å². The number of nitrogens with zero attached hydrogens (tertiary/aromatic N) is 2. The fourth-order valence-electron chi connectivity index (χ4n) is 3.65. The van der Waals surface area contributed by atoms with Crippen molar-refractivity contribution in [2.24, 2.45) is 0 Å². The van der Waals surface area contributed by atoms with Gasteiger partial charge in [0.25, 0.3) is 0 Å². The van der Waals surface area contributed by atoms with Crippen LogP contribution in [-0.2, 0) is 13.0 Å². The van der Waals surface area contributed by atoms with Crippen LogP contribution in [0.2, 0.25) is 0 Å². The maximum Gasteiger partial charge on any atom is 0.315 e. The first-order chi connectivity index (χ1) is 13.7. The van der Waals surface area contributed by atoms with Crippen molar-refractivity contribution < 1.29 is 9.53 Å². The number of fused-ring (bicyclic) bond motifs is 1. The van der Waals surface area contributed by atoms with Gasteiger partial charge in [0.15, 0.2) is 0 Å². The monoisotopic (exact) mass is 376 g/mol. The molecule has 0 saturated carbocycles. The quantitative estimate of drug-likeness (QED) is 0.688. The Morgan fingerprint density at radius 3 is 2.86 bits per heavy atom. The number of ether oxygens (including phenoxy) is 1. The molecule has 28 heavy (non-hydrogen) atoms. The van der Waals surface area contributed by atoms with E-state index in [1.165, 1.54) is 5.56 Å². The van der Waals surface area contributed by atoms with E-state index in [0.29, 0.717) is 13.2 Å². The molecule has 0 fully saturated rings. The van der Waals surface area contributed by atoms with E-state index >= 15 is 0 Å². The number of rotatable bonds is 6. The van der Waals surface area contributed by atoms with Crippen LogP contribution in [0.3, 0.4) is 0 Å². The van der Waals surface area contributed by atoms with Crippen LogP contribution >= 0.6 is 0 Å². The van der Waals surface area contributed by atoms with Crippen LogP contribution in [0.25, 0.3) is 5.69 Å². The lowest BCUT2D eigenvalue weighted by atomic mass is 10.1. The van der Waals surface area contributed by atoms with Crippen molar-refractivity contribution in [3.63, 3.8) is 0 Å². The van der Waals surface area contributed by atoms with Gasteiger partial charge in [0.05, 0.1) is 19.0 Å². The molecule has 6 nitrogen and oxygen atoms in total. The number of imidazole rings is 1. The zero-order valence-electron chi connectivity index (χ0n) is 15.9. The molecule has 1 heterocycles. The molecule has 2 N–H and O–H groups in total. The number of nitrogens with one attached hydrogen (secondary N) is 2. The Morgan fingerprint density at radius 2 is 2.11 bits per heavy atom. The highest BCUT2D eigenvalue weighted by molar-refractivity contribution is 5.74. The number of carbonyl (C=O) groups is 1. The fourth-order valence-corrected chi connectivity index (χ4v) is 3.65. The lowest BCUT2D eigenvalue weighted by molar-refractivity contribution is 0.236. The Hall–Kier alpha value is -3.28. The van der Waals surface area contributed by atoms with Crippen molar-refractivity contribution >= 4 is 6.03 Å². The summed E-state index contributed by atoms with van der Waals surface area (Å²) in [5, 5.41) is 6.04. The summed E-state index contributed by atoms with van der Waals surface area (Å²) in [6.45, 7) is 3.11. The summed E-state index contributed by atoms with van der Waals surface area (Å²) in [7, 11) is 0. The maximum absolute atomic E-state index is 12.4. The molecule has 2 amide bonds. The van der Waals surface area contributed by atoms with Crippen LogP contribution in [0.4, 0.5) is 4.79 Å². The summed E-state index contributed by atoms with van der Waals surface area (Å²) >= 11 is 0. The molecule has 6 heteroatoms. The van der Waals surface area contributed by atoms with Gasteiger partial charge in [-0.25, -0.2) is 9.78 Å². The van der Waals surface area contributed by atoms with Gasteiger partial charge < -0.3 is 19.9 Å². The molecule has 1 aromatic heterocycles. The molecule has 0 aliphatic heterocycles. The number of hydrogen-bond donors (Lipinski definition) is 2. The second-order valence-corrected chi connectivity index (χ2v) is 6.81. The van der Waals surface area contributed by atoms with Crippen LogP contribution in [0, 0.1) is 0 Å². The van der Waals surface area contributed by atoms with Gasteiger partial charge in [0.2, 0.25) is 0 Å². The smallest absolute Gasteiger partial charge is 0.315 e. The lowest BCUT2D eigenvalue weighted by Gasteiger charge is -2.16. The summed E-state index contributed by atoms with van der Waals surface area (Å²) in [5.41, 5.74) is 4.46. The average Bonchev–Trinajstić information content (AvgIpc) is 3.38. The number of aromatic nitrogens is 2. The molecule has 0 spiro atoms. The second-order valence-electron chi connectivity index (χ2n) is 6.81. The predicted octanol–water partition coefficient (Wildman–Crippen LogP) is 3.76. The van der Waals surface area contributed by atoms with Crippen molar-refractivity contribution in [1.82, 2.24) is 20.2 Å². The lowest BCUT2D eigenvalue weighted by Crippen LogP contribution is -2.36. The van der Waals surface area contributed by atoms with E-state index in [4.69, 9.17) is 4.74 Å². The minimum Gasteiger partial charge on any atom is -0.494 e. The number of urea groups is 1. The van der Waals surface area contributed by atoms with Crippen LogP contribution < -0.4 is 15.4 Å². The summed E-state index contributed by atoms with van der Waals surface area (Å²) in [6, 6.07) is 14.0. The third-order valence-electron chi connectivity index (χ3n) is 5.02. The topological polar surface area (TPSA) is 68.2 Å². The standard InChI is InChI=1S/C22H24N4O2/c1-2-28-21-5-3-4-18-19(21)10-11-20(18)25-22(27)24-14-16-6-8-17(9-7-16)26-13-12-23-15-26/h3-9,12-13,15,20H,2,10-11,14H2,1H3,(H2,24,25,27). The van der Waals surface area contributed by atoms with Crippen molar-refractivity contribution in [2.75, 3.05) is 6.61 Å². The molecule has 0 radical (unpaired) electrons. The molecular weight excluding hydrogens is 352 g/mol. The number of benzene rings is 2. The Labute approximate surface area is 164 Å². The largest absolute Gasteiger partial charge is 0.494 e. The highest BCUT2D eigenvalue weighted by atomic mass is 16.5. The average molecular weight is 376 g/mol. The Morgan fingerprint density at radius 1 is 1.25 bits per heavy atom. The number of amides is 2. The van der Waals surface area contributed by atoms with E-state index in [-0.39, 0.29) is 12.1 Å². The Bertz CT molecular complexity index is 936. The summed E-state index contributed by atoms with van der Waals surface area (Å²) in [6.07, 6.45) is 7.23.